The van der Waals surface area contributed by atoms with Crippen molar-refractivity contribution >= 4 is 17.5 Å². The number of carbonyl (C=O) groups is 2. The molecule has 0 bridgehead atoms. The standard InChI is InChI=1S/C15H19N3O3/c19-11-9-16-14(20)6-7-15(21)18-10-8-13(17-18)12-4-2-1-3-5-12/h1-5,19H,6-11H2,(H,16,20). The van der Waals surface area contributed by atoms with Crippen LogP contribution in [-0.4, -0.2) is 47.3 Å². The smallest absolute Gasteiger partial charge is 0.243 e. The third-order valence-corrected chi connectivity index (χ3v) is 3.20. The lowest BCUT2D eigenvalue weighted by atomic mass is 10.1. The Bertz CT molecular complexity index is 528. The Labute approximate surface area is 123 Å². The molecule has 0 spiro atoms. The zero-order chi connectivity index (χ0) is 15.1. The van der Waals surface area contributed by atoms with Crippen molar-refractivity contribution in [2.75, 3.05) is 19.7 Å². The van der Waals surface area contributed by atoms with Gasteiger partial charge in [0.2, 0.25) is 11.8 Å². The lowest BCUT2D eigenvalue weighted by Crippen LogP contribution is -2.29. The first kappa shape index (κ1) is 15.2. The molecule has 0 fully saturated rings. The van der Waals surface area contributed by atoms with Crippen LogP contribution in [0.2, 0.25) is 0 Å². The van der Waals surface area contributed by atoms with E-state index in [0.717, 1.165) is 17.7 Å². The van der Waals surface area contributed by atoms with Crippen LogP contribution in [0.5, 0.6) is 0 Å². The Morgan fingerprint density at radius 1 is 1.24 bits per heavy atom. The van der Waals surface area contributed by atoms with Gasteiger partial charge >= 0.3 is 0 Å². The Balaban J connectivity index is 1.84. The maximum atomic E-state index is 12.0. The van der Waals surface area contributed by atoms with Crippen molar-refractivity contribution in [3.05, 3.63) is 35.9 Å². The van der Waals surface area contributed by atoms with Gasteiger partial charge in [0.05, 0.1) is 18.9 Å². The molecule has 2 N–H and O–H groups in total. The number of nitrogens with zero attached hydrogens (tertiary/aromatic N) is 2. The molecule has 112 valence electrons. The fraction of sp³-hybridized carbons (Fsp3) is 0.400. The minimum atomic E-state index is -0.233. The number of benzene rings is 1. The van der Waals surface area contributed by atoms with E-state index in [1.54, 1.807) is 0 Å². The first-order chi connectivity index (χ1) is 10.2. The Hall–Kier alpha value is -2.21. The van der Waals surface area contributed by atoms with Gasteiger partial charge in [0.25, 0.3) is 0 Å². The molecule has 0 aromatic heterocycles. The van der Waals surface area contributed by atoms with Crippen LogP contribution in [0.1, 0.15) is 24.8 Å². The lowest BCUT2D eigenvalue weighted by Gasteiger charge is -2.11. The minimum Gasteiger partial charge on any atom is -0.395 e. The summed E-state index contributed by atoms with van der Waals surface area (Å²) in [6.07, 6.45) is 0.973. The summed E-state index contributed by atoms with van der Waals surface area (Å²) in [5, 5.41) is 16.9. The Kier molecular flexibility index (Phi) is 5.45. The summed E-state index contributed by atoms with van der Waals surface area (Å²) in [6.45, 7) is 0.672. The molecule has 1 aromatic rings. The molecule has 21 heavy (non-hydrogen) atoms. The van der Waals surface area contributed by atoms with Gasteiger partial charge in [-0.05, 0) is 5.56 Å². The summed E-state index contributed by atoms with van der Waals surface area (Å²) in [5.41, 5.74) is 1.92. The van der Waals surface area contributed by atoms with Crippen molar-refractivity contribution in [3.63, 3.8) is 0 Å². The number of aliphatic hydroxyl groups excluding tert-OH is 1. The predicted molar refractivity (Wildman–Crippen MR) is 78.6 cm³/mol. The second-order valence-corrected chi connectivity index (χ2v) is 4.75. The maximum absolute atomic E-state index is 12.0. The van der Waals surface area contributed by atoms with Crippen LogP contribution >= 0.6 is 0 Å². The molecule has 0 radical (unpaired) electrons. The number of amides is 2. The summed E-state index contributed by atoms with van der Waals surface area (Å²) in [7, 11) is 0. The van der Waals surface area contributed by atoms with E-state index in [1.807, 2.05) is 30.3 Å². The first-order valence-electron chi connectivity index (χ1n) is 7.01. The molecule has 0 atom stereocenters. The van der Waals surface area contributed by atoms with Gasteiger partial charge < -0.3 is 10.4 Å². The minimum absolute atomic E-state index is 0.101. The highest BCUT2D eigenvalue weighted by atomic mass is 16.3. The fourth-order valence-corrected chi connectivity index (χ4v) is 2.10. The zero-order valence-electron chi connectivity index (χ0n) is 11.8. The van der Waals surface area contributed by atoms with Crippen LogP contribution in [0.25, 0.3) is 0 Å². The second kappa shape index (κ2) is 7.54. The van der Waals surface area contributed by atoms with Crippen LogP contribution in [0.4, 0.5) is 0 Å². The van der Waals surface area contributed by atoms with Crippen molar-refractivity contribution in [1.29, 1.82) is 0 Å². The summed E-state index contributed by atoms with van der Waals surface area (Å²) in [5.74, 6) is -0.385. The SMILES string of the molecule is O=C(CCC(=O)N1CCC(c2ccccc2)=N1)NCCO. The average Bonchev–Trinajstić information content (AvgIpc) is 3.01. The molecular weight excluding hydrogens is 270 g/mol. The Morgan fingerprint density at radius 2 is 2.00 bits per heavy atom. The van der Waals surface area contributed by atoms with Gasteiger partial charge in [-0.1, -0.05) is 30.3 Å². The molecule has 2 amide bonds. The molecule has 0 saturated heterocycles. The molecule has 1 aromatic carbocycles. The number of carbonyl (C=O) groups excluding carboxylic acids is 2. The summed E-state index contributed by atoms with van der Waals surface area (Å²) in [6, 6.07) is 9.75. The quantitative estimate of drug-likeness (QED) is 0.800. The lowest BCUT2D eigenvalue weighted by molar-refractivity contribution is -0.133. The number of aliphatic hydroxyl groups is 1. The van der Waals surface area contributed by atoms with E-state index in [0.29, 0.717) is 6.54 Å². The van der Waals surface area contributed by atoms with Crippen LogP contribution in [0.15, 0.2) is 35.4 Å². The van der Waals surface area contributed by atoms with Crippen molar-refractivity contribution in [1.82, 2.24) is 10.3 Å². The second-order valence-electron chi connectivity index (χ2n) is 4.75. The zero-order valence-corrected chi connectivity index (χ0v) is 11.8. The molecule has 1 heterocycles. The molecule has 1 aliphatic rings. The van der Waals surface area contributed by atoms with Gasteiger partial charge in [0, 0.05) is 25.8 Å². The highest BCUT2D eigenvalue weighted by Crippen LogP contribution is 2.14. The molecule has 0 aliphatic carbocycles. The van der Waals surface area contributed by atoms with Gasteiger partial charge in [-0.3, -0.25) is 9.59 Å². The molecule has 0 saturated carbocycles. The van der Waals surface area contributed by atoms with Gasteiger partial charge in [-0.25, -0.2) is 5.01 Å². The number of hydrogen-bond donors (Lipinski definition) is 2. The topological polar surface area (TPSA) is 82.0 Å². The van der Waals surface area contributed by atoms with Crippen LogP contribution < -0.4 is 5.32 Å². The van der Waals surface area contributed by atoms with E-state index in [9.17, 15) is 9.59 Å². The Morgan fingerprint density at radius 3 is 2.71 bits per heavy atom. The van der Waals surface area contributed by atoms with E-state index < -0.39 is 0 Å². The van der Waals surface area contributed by atoms with E-state index in [-0.39, 0.29) is 37.8 Å². The van der Waals surface area contributed by atoms with Crippen molar-refractivity contribution in [2.24, 2.45) is 5.10 Å². The average molecular weight is 289 g/mol. The molecular formula is C15H19N3O3. The van der Waals surface area contributed by atoms with Gasteiger partial charge in [0.15, 0.2) is 0 Å². The number of nitrogens with one attached hydrogen (secondary N) is 1. The highest BCUT2D eigenvalue weighted by Gasteiger charge is 2.21. The van der Waals surface area contributed by atoms with E-state index >= 15 is 0 Å². The molecule has 6 heteroatoms. The van der Waals surface area contributed by atoms with Crippen LogP contribution in [-0.2, 0) is 9.59 Å². The predicted octanol–water partition coefficient (Wildman–Crippen LogP) is 0.512. The van der Waals surface area contributed by atoms with Crippen molar-refractivity contribution < 1.29 is 14.7 Å². The largest absolute Gasteiger partial charge is 0.395 e. The van der Waals surface area contributed by atoms with E-state index in [4.69, 9.17) is 5.11 Å². The number of rotatable bonds is 6. The third kappa shape index (κ3) is 4.39. The molecule has 6 nitrogen and oxygen atoms in total. The number of hydrazone groups is 1. The summed E-state index contributed by atoms with van der Waals surface area (Å²) >= 11 is 0. The first-order valence-corrected chi connectivity index (χ1v) is 7.01. The van der Waals surface area contributed by atoms with Crippen molar-refractivity contribution in [2.45, 2.75) is 19.3 Å². The molecule has 2 rings (SSSR count). The summed E-state index contributed by atoms with van der Waals surface area (Å²) < 4.78 is 0. The van der Waals surface area contributed by atoms with Gasteiger partial charge in [-0.15, -0.1) is 0 Å². The maximum Gasteiger partial charge on any atom is 0.243 e. The summed E-state index contributed by atoms with van der Waals surface area (Å²) in [4.78, 5) is 23.4. The highest BCUT2D eigenvalue weighted by molar-refractivity contribution is 6.02. The van der Waals surface area contributed by atoms with E-state index in [2.05, 4.69) is 10.4 Å². The van der Waals surface area contributed by atoms with Crippen molar-refractivity contribution in [3.8, 4) is 0 Å². The molecule has 0 unspecified atom stereocenters. The molecule has 1 aliphatic heterocycles. The van der Waals surface area contributed by atoms with Gasteiger partial charge in [0.1, 0.15) is 0 Å². The third-order valence-electron chi connectivity index (χ3n) is 3.20. The van der Waals surface area contributed by atoms with Crippen LogP contribution in [0, 0.1) is 0 Å². The number of hydrogen-bond acceptors (Lipinski definition) is 4. The van der Waals surface area contributed by atoms with Crippen LogP contribution in [0.3, 0.4) is 0 Å². The fourth-order valence-electron chi connectivity index (χ4n) is 2.10. The van der Waals surface area contributed by atoms with E-state index in [1.165, 1.54) is 5.01 Å². The van der Waals surface area contributed by atoms with Gasteiger partial charge in [-0.2, -0.15) is 5.10 Å². The monoisotopic (exact) mass is 289 g/mol. The normalized spacial score (nSPS) is 14.0.